The number of carbonyl (C=O) groups is 1. The molecule has 0 amide bonds. The van der Waals surface area contributed by atoms with Crippen LogP contribution in [0.15, 0.2) is 39.5 Å². The molecule has 0 aliphatic heterocycles. The molecule has 0 bridgehead atoms. The summed E-state index contributed by atoms with van der Waals surface area (Å²) in [4.78, 5) is 26.2. The molecule has 2 aromatic heterocycles. The van der Waals surface area contributed by atoms with Gasteiger partial charge in [0, 0.05) is 5.56 Å². The number of thiophene rings is 1. The van der Waals surface area contributed by atoms with Crippen LogP contribution in [0.5, 0.6) is 0 Å². The summed E-state index contributed by atoms with van der Waals surface area (Å²) < 4.78 is 5.48. The largest absolute Gasteiger partial charge is 0.417 e. The number of aromatic amines is 1. The van der Waals surface area contributed by atoms with E-state index in [0.29, 0.717) is 25.9 Å². The SMILES string of the molecule is O=C(c1ccc2[nH]c(=O)oc2c1)c1ccc(Cl)s1. The van der Waals surface area contributed by atoms with E-state index < -0.39 is 5.76 Å². The number of rotatable bonds is 2. The fourth-order valence-electron chi connectivity index (χ4n) is 1.67. The lowest BCUT2D eigenvalue weighted by Gasteiger charge is -1.97. The number of oxazole rings is 1. The molecule has 1 aromatic carbocycles. The highest BCUT2D eigenvalue weighted by Crippen LogP contribution is 2.24. The van der Waals surface area contributed by atoms with Crippen LogP contribution in [0.4, 0.5) is 0 Å². The van der Waals surface area contributed by atoms with Crippen molar-refractivity contribution in [1.29, 1.82) is 0 Å². The van der Waals surface area contributed by atoms with E-state index in [0.717, 1.165) is 0 Å². The van der Waals surface area contributed by atoms with Crippen LogP contribution >= 0.6 is 22.9 Å². The summed E-state index contributed by atoms with van der Waals surface area (Å²) in [6.45, 7) is 0. The fourth-order valence-corrected chi connectivity index (χ4v) is 2.67. The first-order valence-electron chi connectivity index (χ1n) is 5.06. The van der Waals surface area contributed by atoms with Crippen molar-refractivity contribution in [3.05, 3.63) is 55.7 Å². The number of aromatic nitrogens is 1. The molecule has 1 N–H and O–H groups in total. The topological polar surface area (TPSA) is 63.1 Å². The molecule has 90 valence electrons. The lowest BCUT2D eigenvalue weighted by atomic mass is 10.1. The van der Waals surface area contributed by atoms with Crippen LogP contribution in [0, 0.1) is 0 Å². The predicted molar refractivity (Wildman–Crippen MR) is 69.6 cm³/mol. The van der Waals surface area contributed by atoms with Crippen LogP contribution in [-0.2, 0) is 0 Å². The molecule has 0 spiro atoms. The highest BCUT2D eigenvalue weighted by atomic mass is 35.5. The Morgan fingerprint density at radius 3 is 2.83 bits per heavy atom. The summed E-state index contributed by atoms with van der Waals surface area (Å²) in [5, 5.41) is 0. The molecule has 3 rings (SSSR count). The van der Waals surface area contributed by atoms with Gasteiger partial charge in [0.25, 0.3) is 0 Å². The average Bonchev–Trinajstić information content (AvgIpc) is 2.92. The minimum atomic E-state index is -0.534. The van der Waals surface area contributed by atoms with Gasteiger partial charge in [0.05, 0.1) is 14.7 Å². The van der Waals surface area contributed by atoms with Gasteiger partial charge in [-0.1, -0.05) is 11.6 Å². The number of hydrogen-bond acceptors (Lipinski definition) is 4. The Bertz CT molecular complexity index is 799. The maximum Gasteiger partial charge on any atom is 0.417 e. The van der Waals surface area contributed by atoms with Gasteiger partial charge in [0.15, 0.2) is 5.58 Å². The number of halogens is 1. The zero-order chi connectivity index (χ0) is 12.7. The van der Waals surface area contributed by atoms with Gasteiger partial charge in [-0.25, -0.2) is 4.79 Å². The number of nitrogens with one attached hydrogen (secondary N) is 1. The number of benzene rings is 1. The minimum absolute atomic E-state index is 0.141. The lowest BCUT2D eigenvalue weighted by Crippen LogP contribution is -1.97. The van der Waals surface area contributed by atoms with E-state index in [1.165, 1.54) is 11.3 Å². The number of carbonyl (C=O) groups excluding carboxylic acids is 1. The number of hydrogen-bond donors (Lipinski definition) is 1. The molecule has 6 heteroatoms. The maximum absolute atomic E-state index is 12.1. The second-order valence-electron chi connectivity index (χ2n) is 3.66. The molecule has 0 radical (unpaired) electrons. The molecule has 3 aromatic rings. The fraction of sp³-hybridized carbons (Fsp3) is 0. The van der Waals surface area contributed by atoms with E-state index in [9.17, 15) is 9.59 Å². The summed E-state index contributed by atoms with van der Waals surface area (Å²) in [6, 6.07) is 8.18. The molecule has 0 aliphatic rings. The summed E-state index contributed by atoms with van der Waals surface area (Å²) in [7, 11) is 0. The van der Waals surface area contributed by atoms with Gasteiger partial charge in [0.1, 0.15) is 0 Å². The van der Waals surface area contributed by atoms with Crippen LogP contribution in [0.25, 0.3) is 11.1 Å². The molecule has 0 atom stereocenters. The Morgan fingerprint density at radius 1 is 1.28 bits per heavy atom. The second kappa shape index (κ2) is 4.12. The first-order valence-corrected chi connectivity index (χ1v) is 6.26. The lowest BCUT2D eigenvalue weighted by molar-refractivity contribution is 0.104. The average molecular weight is 280 g/mol. The van der Waals surface area contributed by atoms with Gasteiger partial charge < -0.3 is 4.42 Å². The number of H-pyrrole nitrogens is 1. The van der Waals surface area contributed by atoms with Crippen LogP contribution in [-0.4, -0.2) is 10.8 Å². The minimum Gasteiger partial charge on any atom is -0.408 e. The Labute approximate surface area is 110 Å². The molecular weight excluding hydrogens is 274 g/mol. The van der Waals surface area contributed by atoms with E-state index >= 15 is 0 Å². The van der Waals surface area contributed by atoms with Crippen molar-refractivity contribution in [2.45, 2.75) is 0 Å². The Kier molecular flexibility index (Phi) is 2.57. The zero-order valence-electron chi connectivity index (χ0n) is 8.90. The normalized spacial score (nSPS) is 10.9. The highest BCUT2D eigenvalue weighted by Gasteiger charge is 2.13. The standard InChI is InChI=1S/C12H6ClNO3S/c13-10-4-3-9(18-10)11(15)6-1-2-7-8(5-6)17-12(16)14-7/h1-5H,(H,14,16). The monoisotopic (exact) mass is 279 g/mol. The van der Waals surface area contributed by atoms with Gasteiger partial charge in [-0.3, -0.25) is 9.78 Å². The summed E-state index contributed by atoms with van der Waals surface area (Å²) >= 11 is 7.01. The molecule has 18 heavy (non-hydrogen) atoms. The predicted octanol–water partition coefficient (Wildman–Crippen LogP) is 3.07. The first-order chi connectivity index (χ1) is 8.63. The van der Waals surface area contributed by atoms with Crippen molar-refractivity contribution in [2.75, 3.05) is 0 Å². The summed E-state index contributed by atoms with van der Waals surface area (Å²) in [5.41, 5.74) is 1.40. The quantitative estimate of drug-likeness (QED) is 0.733. The van der Waals surface area contributed by atoms with Crippen molar-refractivity contribution >= 4 is 39.8 Å². The molecular formula is C12H6ClNO3S. The highest BCUT2D eigenvalue weighted by molar-refractivity contribution is 7.18. The van der Waals surface area contributed by atoms with Crippen LogP contribution in [0.3, 0.4) is 0 Å². The summed E-state index contributed by atoms with van der Waals surface area (Å²) in [6.07, 6.45) is 0. The van der Waals surface area contributed by atoms with Crippen LogP contribution < -0.4 is 5.76 Å². The van der Waals surface area contributed by atoms with Gasteiger partial charge in [-0.15, -0.1) is 11.3 Å². The Hall–Kier alpha value is -1.85. The maximum atomic E-state index is 12.1. The van der Waals surface area contributed by atoms with Crippen molar-refractivity contribution in [2.24, 2.45) is 0 Å². The van der Waals surface area contributed by atoms with E-state index in [-0.39, 0.29) is 5.78 Å². The number of ketones is 1. The van der Waals surface area contributed by atoms with Crippen LogP contribution in [0.1, 0.15) is 15.2 Å². The molecule has 0 saturated carbocycles. The molecule has 0 fully saturated rings. The Morgan fingerprint density at radius 2 is 2.11 bits per heavy atom. The summed E-state index contributed by atoms with van der Waals surface area (Å²) in [5.74, 6) is -0.675. The molecule has 0 aliphatic carbocycles. The smallest absolute Gasteiger partial charge is 0.408 e. The zero-order valence-corrected chi connectivity index (χ0v) is 10.5. The van der Waals surface area contributed by atoms with E-state index in [1.54, 1.807) is 30.3 Å². The third-order valence-corrected chi connectivity index (χ3v) is 3.71. The van der Waals surface area contributed by atoms with Crippen molar-refractivity contribution in [3.63, 3.8) is 0 Å². The van der Waals surface area contributed by atoms with Gasteiger partial charge in [0.2, 0.25) is 5.78 Å². The number of fused-ring (bicyclic) bond motifs is 1. The van der Waals surface area contributed by atoms with Crippen molar-refractivity contribution in [3.8, 4) is 0 Å². The molecule has 0 unspecified atom stereocenters. The van der Waals surface area contributed by atoms with Crippen molar-refractivity contribution < 1.29 is 9.21 Å². The van der Waals surface area contributed by atoms with Crippen LogP contribution in [0.2, 0.25) is 4.34 Å². The molecule has 2 heterocycles. The van der Waals surface area contributed by atoms with Gasteiger partial charge in [-0.2, -0.15) is 0 Å². The van der Waals surface area contributed by atoms with E-state index in [4.69, 9.17) is 16.0 Å². The second-order valence-corrected chi connectivity index (χ2v) is 5.37. The third-order valence-electron chi connectivity index (χ3n) is 2.48. The van der Waals surface area contributed by atoms with Crippen molar-refractivity contribution in [1.82, 2.24) is 4.98 Å². The van der Waals surface area contributed by atoms with Gasteiger partial charge in [-0.05, 0) is 30.3 Å². The Balaban J connectivity index is 2.08. The third kappa shape index (κ3) is 1.87. The van der Waals surface area contributed by atoms with E-state index in [1.807, 2.05) is 0 Å². The molecule has 0 saturated heterocycles. The molecule has 4 nitrogen and oxygen atoms in total. The first kappa shape index (κ1) is 11.3. The van der Waals surface area contributed by atoms with E-state index in [2.05, 4.69) is 4.98 Å². The van der Waals surface area contributed by atoms with Gasteiger partial charge >= 0.3 is 5.76 Å².